The number of nitrogens with two attached hydrogens (primary N) is 1. The minimum Gasteiger partial charge on any atom is -0.497 e. The van der Waals surface area contributed by atoms with E-state index >= 15 is 0 Å². The second kappa shape index (κ2) is 6.38. The lowest BCUT2D eigenvalue weighted by molar-refractivity contribution is 0.414. The van der Waals surface area contributed by atoms with Crippen LogP contribution in [0.2, 0.25) is 0 Å². The van der Waals surface area contributed by atoms with E-state index in [1.54, 1.807) is 26.0 Å². The Labute approximate surface area is 114 Å². The van der Waals surface area contributed by atoms with Gasteiger partial charge in [0.15, 0.2) is 0 Å². The highest BCUT2D eigenvalue weighted by Crippen LogP contribution is 2.15. The van der Waals surface area contributed by atoms with Crippen LogP contribution in [0.5, 0.6) is 5.75 Å². The maximum absolute atomic E-state index is 11.9. The highest BCUT2D eigenvalue weighted by atomic mass is 35.5. The molecule has 1 aromatic rings. The Morgan fingerprint density at radius 2 is 1.78 bits per heavy atom. The fourth-order valence-corrected chi connectivity index (χ4v) is 2.34. The van der Waals surface area contributed by atoms with Crippen molar-refractivity contribution in [2.24, 2.45) is 5.73 Å². The van der Waals surface area contributed by atoms with E-state index in [1.807, 2.05) is 0 Å². The molecule has 5 nitrogen and oxygen atoms in total. The van der Waals surface area contributed by atoms with E-state index in [-0.39, 0.29) is 23.8 Å². The summed E-state index contributed by atoms with van der Waals surface area (Å²) in [5, 5.41) is 0. The number of rotatable bonds is 5. The molecule has 0 bridgehead atoms. The van der Waals surface area contributed by atoms with Crippen LogP contribution in [0.25, 0.3) is 0 Å². The second-order valence-electron chi connectivity index (χ2n) is 4.49. The Hall–Kier alpha value is -0.820. The first-order valence-corrected chi connectivity index (χ1v) is 6.65. The Bertz CT molecular complexity index is 466. The SMILES string of the molecule is COc1ccc(S(=O)(=O)NCC(C)(C)N)cc1.Cl. The van der Waals surface area contributed by atoms with Gasteiger partial charge in [0.05, 0.1) is 12.0 Å². The molecule has 0 spiro atoms. The number of ether oxygens (including phenoxy) is 1. The number of hydrogen-bond acceptors (Lipinski definition) is 4. The summed E-state index contributed by atoms with van der Waals surface area (Å²) in [6.45, 7) is 3.69. The summed E-state index contributed by atoms with van der Waals surface area (Å²) in [6.07, 6.45) is 0. The molecule has 104 valence electrons. The van der Waals surface area contributed by atoms with Gasteiger partial charge in [-0.1, -0.05) is 0 Å². The van der Waals surface area contributed by atoms with Gasteiger partial charge in [0, 0.05) is 12.1 Å². The molecule has 7 heteroatoms. The fourth-order valence-electron chi connectivity index (χ4n) is 1.12. The smallest absolute Gasteiger partial charge is 0.240 e. The van der Waals surface area contributed by atoms with Crippen molar-refractivity contribution >= 4 is 22.4 Å². The lowest BCUT2D eigenvalue weighted by atomic mass is 10.1. The molecule has 1 aromatic carbocycles. The zero-order valence-corrected chi connectivity index (χ0v) is 12.3. The van der Waals surface area contributed by atoms with Gasteiger partial charge in [0.2, 0.25) is 10.0 Å². The second-order valence-corrected chi connectivity index (χ2v) is 6.26. The van der Waals surface area contributed by atoms with Crippen molar-refractivity contribution in [1.29, 1.82) is 0 Å². The maximum Gasteiger partial charge on any atom is 0.240 e. The number of benzene rings is 1. The summed E-state index contributed by atoms with van der Waals surface area (Å²) in [7, 11) is -1.98. The van der Waals surface area contributed by atoms with E-state index in [0.29, 0.717) is 5.75 Å². The standard InChI is InChI=1S/C11H18N2O3S.ClH/c1-11(2,12)8-13-17(14,15)10-6-4-9(16-3)5-7-10;/h4-7,13H,8,12H2,1-3H3;1H. The lowest BCUT2D eigenvalue weighted by Crippen LogP contribution is -2.45. The first-order chi connectivity index (χ1) is 7.74. The first-order valence-electron chi connectivity index (χ1n) is 5.17. The van der Waals surface area contributed by atoms with E-state index in [2.05, 4.69) is 4.72 Å². The van der Waals surface area contributed by atoms with E-state index < -0.39 is 15.6 Å². The molecular formula is C11H19ClN2O3S. The third-order valence-corrected chi connectivity index (χ3v) is 3.50. The molecule has 0 unspecified atom stereocenters. The number of nitrogens with one attached hydrogen (secondary N) is 1. The molecule has 0 aliphatic rings. The van der Waals surface area contributed by atoms with Crippen LogP contribution >= 0.6 is 12.4 Å². The summed E-state index contributed by atoms with van der Waals surface area (Å²) >= 11 is 0. The number of hydrogen-bond donors (Lipinski definition) is 2. The van der Waals surface area contributed by atoms with Crippen molar-refractivity contribution in [3.63, 3.8) is 0 Å². The monoisotopic (exact) mass is 294 g/mol. The van der Waals surface area contributed by atoms with Crippen LogP contribution in [0.1, 0.15) is 13.8 Å². The molecule has 0 heterocycles. The van der Waals surface area contributed by atoms with Gasteiger partial charge in [0.25, 0.3) is 0 Å². The highest BCUT2D eigenvalue weighted by Gasteiger charge is 2.18. The van der Waals surface area contributed by atoms with Gasteiger partial charge in [-0.25, -0.2) is 13.1 Å². The summed E-state index contributed by atoms with van der Waals surface area (Å²) < 4.78 is 31.2. The molecule has 0 aliphatic heterocycles. The van der Waals surface area contributed by atoms with Crippen molar-refractivity contribution in [3.05, 3.63) is 24.3 Å². The third-order valence-electron chi connectivity index (χ3n) is 2.09. The molecule has 18 heavy (non-hydrogen) atoms. The van der Waals surface area contributed by atoms with Gasteiger partial charge in [-0.05, 0) is 38.1 Å². The minimum absolute atomic E-state index is 0. The van der Waals surface area contributed by atoms with Crippen LogP contribution in [-0.2, 0) is 10.0 Å². The Balaban J connectivity index is 0.00000289. The van der Waals surface area contributed by atoms with Crippen molar-refractivity contribution in [2.75, 3.05) is 13.7 Å². The number of sulfonamides is 1. The van der Waals surface area contributed by atoms with Gasteiger partial charge in [-0.15, -0.1) is 12.4 Å². The number of halogens is 1. The average Bonchev–Trinajstić information content (AvgIpc) is 2.26. The molecule has 0 aliphatic carbocycles. The summed E-state index contributed by atoms with van der Waals surface area (Å²) in [5.41, 5.74) is 5.14. The topological polar surface area (TPSA) is 81.4 Å². The molecule has 0 aromatic heterocycles. The normalized spacial score (nSPS) is 11.8. The van der Waals surface area contributed by atoms with E-state index in [9.17, 15) is 8.42 Å². The molecule has 0 saturated heterocycles. The molecule has 3 N–H and O–H groups in total. The Kier molecular flexibility index (Phi) is 6.09. The maximum atomic E-state index is 11.9. The van der Waals surface area contributed by atoms with Gasteiger partial charge in [-0.3, -0.25) is 0 Å². The predicted molar refractivity (Wildman–Crippen MR) is 73.7 cm³/mol. The van der Waals surface area contributed by atoms with Gasteiger partial charge in [-0.2, -0.15) is 0 Å². The van der Waals surface area contributed by atoms with Crippen molar-refractivity contribution in [1.82, 2.24) is 4.72 Å². The Morgan fingerprint density at radius 1 is 1.28 bits per heavy atom. The highest BCUT2D eigenvalue weighted by molar-refractivity contribution is 7.89. The predicted octanol–water partition coefficient (Wildman–Crippen LogP) is 1.13. The average molecular weight is 295 g/mol. The van der Waals surface area contributed by atoms with Gasteiger partial charge in [0.1, 0.15) is 5.75 Å². The molecule has 1 rings (SSSR count). The van der Waals surface area contributed by atoms with Gasteiger partial charge >= 0.3 is 0 Å². The zero-order valence-electron chi connectivity index (χ0n) is 10.6. The molecule has 0 saturated carbocycles. The summed E-state index contributed by atoms with van der Waals surface area (Å²) in [6, 6.07) is 6.18. The zero-order chi connectivity index (χ0) is 13.1. The lowest BCUT2D eigenvalue weighted by Gasteiger charge is -2.18. The molecule has 0 fully saturated rings. The van der Waals surface area contributed by atoms with Crippen LogP contribution in [-0.4, -0.2) is 27.6 Å². The van der Waals surface area contributed by atoms with Crippen LogP contribution < -0.4 is 15.2 Å². The van der Waals surface area contributed by atoms with Gasteiger partial charge < -0.3 is 10.5 Å². The van der Waals surface area contributed by atoms with Crippen molar-refractivity contribution in [3.8, 4) is 5.75 Å². The largest absolute Gasteiger partial charge is 0.497 e. The van der Waals surface area contributed by atoms with Crippen LogP contribution in [0.4, 0.5) is 0 Å². The molecule has 0 atom stereocenters. The van der Waals surface area contributed by atoms with Crippen molar-refractivity contribution in [2.45, 2.75) is 24.3 Å². The first kappa shape index (κ1) is 17.2. The van der Waals surface area contributed by atoms with Crippen LogP contribution in [0, 0.1) is 0 Å². The third kappa shape index (κ3) is 5.22. The quantitative estimate of drug-likeness (QED) is 0.853. The molecule has 0 amide bonds. The van der Waals surface area contributed by atoms with Crippen LogP contribution in [0.3, 0.4) is 0 Å². The number of methoxy groups -OCH3 is 1. The Morgan fingerprint density at radius 3 is 2.17 bits per heavy atom. The molecular weight excluding hydrogens is 276 g/mol. The van der Waals surface area contributed by atoms with E-state index in [1.165, 1.54) is 19.2 Å². The van der Waals surface area contributed by atoms with Crippen molar-refractivity contribution < 1.29 is 13.2 Å². The fraction of sp³-hybridized carbons (Fsp3) is 0.455. The molecule has 0 radical (unpaired) electrons. The van der Waals surface area contributed by atoms with E-state index in [0.717, 1.165) is 0 Å². The summed E-state index contributed by atoms with van der Waals surface area (Å²) in [4.78, 5) is 0.197. The minimum atomic E-state index is -3.50. The van der Waals surface area contributed by atoms with Crippen LogP contribution in [0.15, 0.2) is 29.2 Å². The van der Waals surface area contributed by atoms with E-state index in [4.69, 9.17) is 10.5 Å². The summed E-state index contributed by atoms with van der Waals surface area (Å²) in [5.74, 6) is 0.614.